The van der Waals surface area contributed by atoms with Crippen molar-refractivity contribution in [3.8, 4) is 11.8 Å². The minimum atomic E-state index is -4.00. The third-order valence-electron chi connectivity index (χ3n) is 3.66. The van der Waals surface area contributed by atoms with Gasteiger partial charge < -0.3 is 9.47 Å². The van der Waals surface area contributed by atoms with Crippen molar-refractivity contribution in [3.05, 3.63) is 54.1 Å². The van der Waals surface area contributed by atoms with E-state index in [-0.39, 0.29) is 11.3 Å². The monoisotopic (exact) mass is 374 g/mol. The molecule has 0 bridgehead atoms. The van der Waals surface area contributed by atoms with E-state index in [0.29, 0.717) is 11.4 Å². The maximum atomic E-state index is 13.0. The fourth-order valence-corrected chi connectivity index (χ4v) is 3.65. The molecule has 2 aromatic rings. The average Bonchev–Trinajstić information content (AvgIpc) is 2.66. The van der Waals surface area contributed by atoms with Crippen LogP contribution in [0.25, 0.3) is 0 Å². The summed E-state index contributed by atoms with van der Waals surface area (Å²) in [7, 11) is -1.32. The predicted molar refractivity (Wildman–Crippen MR) is 95.3 cm³/mol. The van der Waals surface area contributed by atoms with Gasteiger partial charge in [-0.2, -0.15) is 5.26 Å². The van der Waals surface area contributed by atoms with E-state index in [1.54, 1.807) is 24.3 Å². The molecular weight excluding hydrogens is 356 g/mol. The first-order chi connectivity index (χ1) is 12.4. The van der Waals surface area contributed by atoms with E-state index in [4.69, 9.17) is 10.00 Å². The van der Waals surface area contributed by atoms with Crippen molar-refractivity contribution in [2.24, 2.45) is 0 Å². The largest absolute Gasteiger partial charge is 0.497 e. The van der Waals surface area contributed by atoms with Crippen LogP contribution in [0.1, 0.15) is 5.56 Å². The second-order valence-corrected chi connectivity index (χ2v) is 7.13. The number of hydrogen-bond donors (Lipinski definition) is 0. The summed E-state index contributed by atoms with van der Waals surface area (Å²) < 4.78 is 36.7. The molecule has 0 heterocycles. The van der Waals surface area contributed by atoms with Gasteiger partial charge in [0.2, 0.25) is 0 Å². The van der Waals surface area contributed by atoms with Crippen LogP contribution in [-0.4, -0.2) is 35.2 Å². The van der Waals surface area contributed by atoms with E-state index in [1.165, 1.54) is 38.5 Å². The molecule has 0 spiro atoms. The summed E-state index contributed by atoms with van der Waals surface area (Å²) >= 11 is 0. The molecule has 0 fully saturated rings. The molecule has 0 radical (unpaired) electrons. The second kappa shape index (κ2) is 8.36. The number of methoxy groups -OCH3 is 2. The lowest BCUT2D eigenvalue weighted by molar-refractivity contribution is -0.138. The van der Waals surface area contributed by atoms with Crippen LogP contribution in [0.3, 0.4) is 0 Å². The van der Waals surface area contributed by atoms with Crippen LogP contribution < -0.4 is 9.04 Å². The van der Waals surface area contributed by atoms with Crippen molar-refractivity contribution < 1.29 is 22.7 Å². The van der Waals surface area contributed by atoms with E-state index in [1.807, 2.05) is 6.07 Å². The molecule has 0 aromatic heterocycles. The lowest BCUT2D eigenvalue weighted by Crippen LogP contribution is -2.36. The number of anilines is 1. The van der Waals surface area contributed by atoms with Gasteiger partial charge in [-0.05, 0) is 42.0 Å². The van der Waals surface area contributed by atoms with Crippen LogP contribution >= 0.6 is 0 Å². The Kier molecular flexibility index (Phi) is 6.20. The Hall–Kier alpha value is -3.05. The van der Waals surface area contributed by atoms with E-state index in [2.05, 4.69) is 4.74 Å². The first-order valence-corrected chi connectivity index (χ1v) is 9.06. The molecule has 0 aliphatic carbocycles. The fourth-order valence-electron chi connectivity index (χ4n) is 2.24. The normalized spacial score (nSPS) is 10.7. The first-order valence-electron chi connectivity index (χ1n) is 7.62. The number of sulfonamides is 1. The highest BCUT2D eigenvalue weighted by atomic mass is 32.2. The first kappa shape index (κ1) is 19.3. The van der Waals surface area contributed by atoms with E-state index >= 15 is 0 Å². The molecule has 0 unspecified atom stereocenters. The summed E-state index contributed by atoms with van der Waals surface area (Å²) in [5.74, 6) is -0.174. The van der Waals surface area contributed by atoms with Gasteiger partial charge in [0.05, 0.1) is 37.3 Å². The molecule has 7 nitrogen and oxygen atoms in total. The van der Waals surface area contributed by atoms with Gasteiger partial charge in [-0.1, -0.05) is 12.1 Å². The van der Waals surface area contributed by atoms with Crippen LogP contribution in [0.15, 0.2) is 53.4 Å². The fraction of sp³-hybridized carbons (Fsp3) is 0.222. The van der Waals surface area contributed by atoms with E-state index in [0.717, 1.165) is 9.87 Å². The molecule has 8 heteroatoms. The molecule has 0 saturated carbocycles. The molecule has 0 aliphatic rings. The van der Waals surface area contributed by atoms with Gasteiger partial charge in [0.15, 0.2) is 0 Å². The van der Waals surface area contributed by atoms with Crippen LogP contribution in [0.2, 0.25) is 0 Å². The SMILES string of the molecule is COC(=O)CN(c1ccc(CC#N)cc1)S(=O)(=O)c1ccc(OC)cc1. The summed E-state index contributed by atoms with van der Waals surface area (Å²) in [6.07, 6.45) is 0.211. The predicted octanol–water partition coefficient (Wildman–Crippen LogP) is 2.13. The van der Waals surface area contributed by atoms with Crippen LogP contribution in [0.5, 0.6) is 5.75 Å². The third-order valence-corrected chi connectivity index (χ3v) is 5.44. The maximum absolute atomic E-state index is 13.0. The summed E-state index contributed by atoms with van der Waals surface area (Å²) in [6, 6.07) is 14.3. The highest BCUT2D eigenvalue weighted by Gasteiger charge is 2.27. The van der Waals surface area contributed by atoms with Crippen molar-refractivity contribution in [3.63, 3.8) is 0 Å². The minimum absolute atomic E-state index is 0.0169. The Labute approximate surface area is 152 Å². The molecule has 0 amide bonds. The topological polar surface area (TPSA) is 96.7 Å². The molecule has 26 heavy (non-hydrogen) atoms. The van der Waals surface area contributed by atoms with Crippen molar-refractivity contribution in [2.75, 3.05) is 25.1 Å². The summed E-state index contributed by atoms with van der Waals surface area (Å²) in [4.78, 5) is 11.8. The summed E-state index contributed by atoms with van der Waals surface area (Å²) in [5, 5.41) is 8.74. The Morgan fingerprint density at radius 2 is 1.69 bits per heavy atom. The number of nitrogens with zero attached hydrogens (tertiary/aromatic N) is 2. The number of rotatable bonds is 7. The molecule has 136 valence electrons. The zero-order valence-corrected chi connectivity index (χ0v) is 15.2. The minimum Gasteiger partial charge on any atom is -0.497 e. The number of carbonyl (C=O) groups excluding carboxylic acids is 1. The molecule has 0 atom stereocenters. The number of carbonyl (C=O) groups is 1. The number of ether oxygens (including phenoxy) is 2. The highest BCUT2D eigenvalue weighted by Crippen LogP contribution is 2.25. The zero-order valence-electron chi connectivity index (χ0n) is 14.4. The van der Waals surface area contributed by atoms with Gasteiger partial charge in [-0.15, -0.1) is 0 Å². The van der Waals surface area contributed by atoms with Crippen LogP contribution in [0.4, 0.5) is 5.69 Å². The van der Waals surface area contributed by atoms with Gasteiger partial charge >= 0.3 is 5.97 Å². The molecule has 0 N–H and O–H groups in total. The summed E-state index contributed by atoms with van der Waals surface area (Å²) in [6.45, 7) is -0.470. The van der Waals surface area contributed by atoms with Crippen LogP contribution in [0, 0.1) is 11.3 Å². The van der Waals surface area contributed by atoms with Crippen molar-refractivity contribution in [1.82, 2.24) is 0 Å². The maximum Gasteiger partial charge on any atom is 0.326 e. The lowest BCUT2D eigenvalue weighted by atomic mass is 10.1. The Balaban J connectivity index is 2.45. The number of nitriles is 1. The van der Waals surface area contributed by atoms with Crippen molar-refractivity contribution >= 4 is 21.7 Å². The average molecular weight is 374 g/mol. The van der Waals surface area contributed by atoms with Gasteiger partial charge in [-0.25, -0.2) is 8.42 Å². The van der Waals surface area contributed by atoms with Crippen molar-refractivity contribution in [2.45, 2.75) is 11.3 Å². The van der Waals surface area contributed by atoms with Gasteiger partial charge in [0.1, 0.15) is 12.3 Å². The lowest BCUT2D eigenvalue weighted by Gasteiger charge is -2.23. The molecule has 0 aliphatic heterocycles. The van der Waals surface area contributed by atoms with Crippen molar-refractivity contribution in [1.29, 1.82) is 5.26 Å². The number of hydrogen-bond acceptors (Lipinski definition) is 6. The Morgan fingerprint density at radius 3 is 2.19 bits per heavy atom. The van der Waals surface area contributed by atoms with E-state index in [9.17, 15) is 13.2 Å². The molecule has 2 rings (SSSR count). The standard InChI is InChI=1S/C18H18N2O5S/c1-24-16-7-9-17(10-8-16)26(22,23)20(13-18(21)25-2)15-5-3-14(4-6-15)11-12-19/h3-10H,11,13H2,1-2H3. The number of benzene rings is 2. The highest BCUT2D eigenvalue weighted by molar-refractivity contribution is 7.92. The van der Waals surface area contributed by atoms with Gasteiger partial charge in [-0.3, -0.25) is 9.10 Å². The van der Waals surface area contributed by atoms with Crippen LogP contribution in [-0.2, 0) is 26.0 Å². The summed E-state index contributed by atoms with van der Waals surface area (Å²) in [5.41, 5.74) is 1.05. The zero-order chi connectivity index (χ0) is 19.2. The molecular formula is C18H18N2O5S. The smallest absolute Gasteiger partial charge is 0.326 e. The second-order valence-electron chi connectivity index (χ2n) is 5.26. The molecule has 2 aromatic carbocycles. The Morgan fingerprint density at radius 1 is 1.08 bits per heavy atom. The Bertz CT molecular complexity index is 900. The quantitative estimate of drug-likeness (QED) is 0.689. The van der Waals surface area contributed by atoms with E-state index < -0.39 is 22.5 Å². The molecule has 0 saturated heterocycles. The van der Waals surface area contributed by atoms with Gasteiger partial charge in [0.25, 0.3) is 10.0 Å². The number of esters is 1. The third kappa shape index (κ3) is 4.32. The van der Waals surface area contributed by atoms with Gasteiger partial charge in [0, 0.05) is 0 Å².